The molecule has 2 heterocycles. The van der Waals surface area contributed by atoms with E-state index in [2.05, 4.69) is 28.5 Å². The SMILES string of the molecule is CC1CCC(C)N1CCN1CCN(Cc2ccc(F)c(F)c2)CC1. The van der Waals surface area contributed by atoms with Gasteiger partial charge in [-0.2, -0.15) is 0 Å². The predicted molar refractivity (Wildman–Crippen MR) is 92.9 cm³/mol. The Labute approximate surface area is 144 Å². The number of hydrogen-bond donors (Lipinski definition) is 0. The van der Waals surface area contributed by atoms with Crippen LogP contribution in [0.3, 0.4) is 0 Å². The van der Waals surface area contributed by atoms with Crippen molar-refractivity contribution in [2.45, 2.75) is 45.3 Å². The number of nitrogens with zero attached hydrogens (tertiary/aromatic N) is 3. The quantitative estimate of drug-likeness (QED) is 0.818. The van der Waals surface area contributed by atoms with Crippen LogP contribution < -0.4 is 0 Å². The molecular formula is C19H29F2N3. The van der Waals surface area contributed by atoms with Crippen molar-refractivity contribution in [3.8, 4) is 0 Å². The van der Waals surface area contributed by atoms with Crippen LogP contribution in [0.25, 0.3) is 0 Å². The molecule has 0 spiro atoms. The number of hydrogen-bond acceptors (Lipinski definition) is 3. The van der Waals surface area contributed by atoms with Crippen LogP contribution in [-0.2, 0) is 6.54 Å². The summed E-state index contributed by atoms with van der Waals surface area (Å²) in [5, 5.41) is 0. The van der Waals surface area contributed by atoms with E-state index in [-0.39, 0.29) is 0 Å². The molecule has 0 bridgehead atoms. The van der Waals surface area contributed by atoms with Gasteiger partial charge >= 0.3 is 0 Å². The molecule has 2 aliphatic heterocycles. The Bertz CT molecular complexity index is 533. The molecule has 3 rings (SSSR count). The van der Waals surface area contributed by atoms with E-state index in [0.717, 1.165) is 56.9 Å². The zero-order valence-electron chi connectivity index (χ0n) is 14.8. The molecule has 134 valence electrons. The maximum absolute atomic E-state index is 13.3. The van der Waals surface area contributed by atoms with Gasteiger partial charge in [-0.25, -0.2) is 8.78 Å². The minimum absolute atomic E-state index is 0.700. The first kappa shape index (κ1) is 17.8. The number of benzene rings is 1. The first-order valence-electron chi connectivity index (χ1n) is 9.17. The summed E-state index contributed by atoms with van der Waals surface area (Å²) in [6, 6.07) is 5.65. The van der Waals surface area contributed by atoms with Crippen molar-refractivity contribution in [3.05, 3.63) is 35.4 Å². The third kappa shape index (κ3) is 4.32. The molecule has 0 aromatic heterocycles. The van der Waals surface area contributed by atoms with Gasteiger partial charge in [-0.15, -0.1) is 0 Å². The molecule has 0 amide bonds. The van der Waals surface area contributed by atoms with Crippen LogP contribution in [0.4, 0.5) is 8.78 Å². The molecule has 2 fully saturated rings. The standard InChI is InChI=1S/C19H29F2N3/c1-15-3-4-16(2)24(15)12-11-22-7-9-23(10-8-22)14-17-5-6-18(20)19(21)13-17/h5-6,13,15-16H,3-4,7-12,14H2,1-2H3. The van der Waals surface area contributed by atoms with Crippen LogP contribution in [0.5, 0.6) is 0 Å². The fourth-order valence-electron chi connectivity index (χ4n) is 4.01. The summed E-state index contributed by atoms with van der Waals surface area (Å²) in [7, 11) is 0. The van der Waals surface area contributed by atoms with E-state index in [1.807, 2.05) is 0 Å². The van der Waals surface area contributed by atoms with Crippen LogP contribution in [0, 0.1) is 11.6 Å². The molecule has 2 saturated heterocycles. The Morgan fingerprint density at radius 2 is 1.50 bits per heavy atom. The molecule has 24 heavy (non-hydrogen) atoms. The number of likely N-dealkylation sites (tertiary alicyclic amines) is 1. The van der Waals surface area contributed by atoms with E-state index in [9.17, 15) is 8.78 Å². The normalized spacial score (nSPS) is 27.0. The predicted octanol–water partition coefficient (Wildman–Crippen LogP) is 2.96. The van der Waals surface area contributed by atoms with Crippen LogP contribution >= 0.6 is 0 Å². The van der Waals surface area contributed by atoms with Crippen molar-refractivity contribution in [2.75, 3.05) is 39.3 Å². The fraction of sp³-hybridized carbons (Fsp3) is 0.684. The van der Waals surface area contributed by atoms with Gasteiger partial charge in [0.2, 0.25) is 0 Å². The highest BCUT2D eigenvalue weighted by Crippen LogP contribution is 2.23. The molecule has 3 nitrogen and oxygen atoms in total. The second kappa shape index (κ2) is 7.89. The van der Waals surface area contributed by atoms with Crippen LogP contribution in [0.2, 0.25) is 0 Å². The monoisotopic (exact) mass is 337 g/mol. The topological polar surface area (TPSA) is 9.72 Å². The van der Waals surface area contributed by atoms with Gasteiger partial charge in [-0.3, -0.25) is 14.7 Å². The third-order valence-corrected chi connectivity index (χ3v) is 5.66. The zero-order chi connectivity index (χ0) is 17.1. The molecule has 0 radical (unpaired) electrons. The number of halogens is 2. The van der Waals surface area contributed by atoms with E-state index in [4.69, 9.17) is 0 Å². The molecular weight excluding hydrogens is 308 g/mol. The van der Waals surface area contributed by atoms with E-state index in [1.165, 1.54) is 25.0 Å². The van der Waals surface area contributed by atoms with Crippen molar-refractivity contribution in [3.63, 3.8) is 0 Å². The summed E-state index contributed by atoms with van der Waals surface area (Å²) in [6.07, 6.45) is 2.65. The highest BCUT2D eigenvalue weighted by Gasteiger charge is 2.27. The van der Waals surface area contributed by atoms with Gasteiger partial charge in [0.05, 0.1) is 0 Å². The van der Waals surface area contributed by atoms with Crippen LogP contribution in [-0.4, -0.2) is 66.1 Å². The van der Waals surface area contributed by atoms with Gasteiger partial charge in [0.25, 0.3) is 0 Å². The summed E-state index contributed by atoms with van der Waals surface area (Å²) in [6.45, 7) is 11.8. The van der Waals surface area contributed by atoms with E-state index < -0.39 is 11.6 Å². The molecule has 2 aliphatic rings. The van der Waals surface area contributed by atoms with Gasteiger partial charge in [-0.05, 0) is 44.4 Å². The molecule has 2 atom stereocenters. The maximum atomic E-state index is 13.3. The van der Waals surface area contributed by atoms with Gasteiger partial charge in [-0.1, -0.05) is 6.07 Å². The maximum Gasteiger partial charge on any atom is 0.159 e. The highest BCUT2D eigenvalue weighted by atomic mass is 19.2. The summed E-state index contributed by atoms with van der Waals surface area (Å²) in [5.41, 5.74) is 0.849. The number of piperazine rings is 1. The second-order valence-corrected chi connectivity index (χ2v) is 7.38. The fourth-order valence-corrected chi connectivity index (χ4v) is 4.01. The smallest absolute Gasteiger partial charge is 0.159 e. The largest absolute Gasteiger partial charge is 0.300 e. The van der Waals surface area contributed by atoms with Crippen molar-refractivity contribution >= 4 is 0 Å². The molecule has 2 unspecified atom stereocenters. The summed E-state index contributed by atoms with van der Waals surface area (Å²) in [5.74, 6) is -1.52. The van der Waals surface area contributed by atoms with Crippen molar-refractivity contribution in [1.29, 1.82) is 0 Å². The first-order valence-corrected chi connectivity index (χ1v) is 9.17. The van der Waals surface area contributed by atoms with E-state index in [1.54, 1.807) is 6.07 Å². The molecule has 0 N–H and O–H groups in total. The van der Waals surface area contributed by atoms with Crippen molar-refractivity contribution in [2.24, 2.45) is 0 Å². The lowest BCUT2D eigenvalue weighted by Crippen LogP contribution is -2.48. The third-order valence-electron chi connectivity index (χ3n) is 5.66. The lowest BCUT2D eigenvalue weighted by Gasteiger charge is -2.36. The first-order chi connectivity index (χ1) is 11.5. The van der Waals surface area contributed by atoms with E-state index in [0.29, 0.717) is 6.54 Å². The molecule has 0 aliphatic carbocycles. The molecule has 0 saturated carbocycles. The zero-order valence-corrected chi connectivity index (χ0v) is 14.8. The van der Waals surface area contributed by atoms with E-state index >= 15 is 0 Å². The van der Waals surface area contributed by atoms with Crippen LogP contribution in [0.15, 0.2) is 18.2 Å². The van der Waals surface area contributed by atoms with Gasteiger partial charge in [0.1, 0.15) is 0 Å². The van der Waals surface area contributed by atoms with Crippen LogP contribution in [0.1, 0.15) is 32.3 Å². The lowest BCUT2D eigenvalue weighted by atomic mass is 10.2. The second-order valence-electron chi connectivity index (χ2n) is 7.38. The minimum atomic E-state index is -0.770. The van der Waals surface area contributed by atoms with Crippen molar-refractivity contribution in [1.82, 2.24) is 14.7 Å². The summed E-state index contributed by atoms with van der Waals surface area (Å²) >= 11 is 0. The minimum Gasteiger partial charge on any atom is -0.300 e. The average molecular weight is 337 g/mol. The number of rotatable bonds is 5. The Hall–Kier alpha value is -1.04. The van der Waals surface area contributed by atoms with Crippen molar-refractivity contribution < 1.29 is 8.78 Å². The molecule has 1 aromatic rings. The Kier molecular flexibility index (Phi) is 5.85. The molecule has 5 heteroatoms. The van der Waals surface area contributed by atoms with Gasteiger partial charge in [0.15, 0.2) is 11.6 Å². The Morgan fingerprint density at radius 3 is 2.12 bits per heavy atom. The Morgan fingerprint density at radius 1 is 0.875 bits per heavy atom. The van der Waals surface area contributed by atoms with Gasteiger partial charge in [0, 0.05) is 57.9 Å². The summed E-state index contributed by atoms with van der Waals surface area (Å²) in [4.78, 5) is 7.48. The van der Waals surface area contributed by atoms with Gasteiger partial charge < -0.3 is 0 Å². The summed E-state index contributed by atoms with van der Waals surface area (Å²) < 4.78 is 26.3. The highest BCUT2D eigenvalue weighted by molar-refractivity contribution is 5.17. The Balaban J connectivity index is 1.41. The average Bonchev–Trinajstić information content (AvgIpc) is 2.89. The molecule has 1 aromatic carbocycles. The lowest BCUT2D eigenvalue weighted by molar-refractivity contribution is 0.106.